The minimum Gasteiger partial charge on any atom is -0.457 e. The van der Waals surface area contributed by atoms with Crippen LogP contribution in [0, 0.1) is 0 Å². The second-order valence-electron chi connectivity index (χ2n) is 14.7. The monoisotopic (exact) mass is 700 g/mol. The first-order chi connectivity index (χ1) is 27.3. The SMILES string of the molecule is c1ccc(C2(c3ccc(-c4cccc5c4C(c4ccccc4)(c4ccccc4)c4ccccc4O5)cc3)c3ccccc3-c3cc4ccccc4cc32)cc1. The minimum absolute atomic E-state index is 0.494. The zero-order valence-corrected chi connectivity index (χ0v) is 30.2. The summed E-state index contributed by atoms with van der Waals surface area (Å²) in [6.45, 7) is 0. The Hall–Kier alpha value is -6.96. The van der Waals surface area contributed by atoms with Crippen molar-refractivity contribution in [3.63, 3.8) is 0 Å². The summed E-state index contributed by atoms with van der Waals surface area (Å²) in [7, 11) is 0. The summed E-state index contributed by atoms with van der Waals surface area (Å²) < 4.78 is 6.83. The van der Waals surface area contributed by atoms with Gasteiger partial charge in [0.1, 0.15) is 11.5 Å². The molecule has 0 spiro atoms. The van der Waals surface area contributed by atoms with Crippen molar-refractivity contribution in [2.45, 2.75) is 10.8 Å². The molecule has 1 atom stereocenters. The standard InChI is InChI=1S/C54H36O/c1-4-19-40(20-5-1)53(47-27-13-12-25-45(47)46-35-38-17-10-11-18-39(38)36-49(46)53)43-33-31-37(32-34-43)44-26-16-30-51-52(44)54(41-21-6-2-7-22-41,42-23-8-3-9-24-42)48-28-14-15-29-50(48)55-51/h1-36H. The smallest absolute Gasteiger partial charge is 0.132 e. The lowest BCUT2D eigenvalue weighted by atomic mass is 9.62. The van der Waals surface area contributed by atoms with Gasteiger partial charge in [-0.1, -0.05) is 194 Å². The quantitative estimate of drug-likeness (QED) is 0.174. The van der Waals surface area contributed by atoms with Gasteiger partial charge in [0.05, 0.1) is 10.8 Å². The minimum atomic E-state index is -0.613. The lowest BCUT2D eigenvalue weighted by Crippen LogP contribution is -2.34. The third-order valence-electron chi connectivity index (χ3n) is 12.1. The summed E-state index contributed by atoms with van der Waals surface area (Å²) in [5.41, 5.74) is 13.6. The Morgan fingerprint density at radius 2 is 0.782 bits per heavy atom. The Labute approximate surface area is 321 Å². The largest absolute Gasteiger partial charge is 0.457 e. The molecular weight excluding hydrogens is 665 g/mol. The highest BCUT2D eigenvalue weighted by Crippen LogP contribution is 2.59. The molecule has 2 aliphatic rings. The van der Waals surface area contributed by atoms with Gasteiger partial charge in [-0.2, -0.15) is 0 Å². The molecule has 0 saturated heterocycles. The second kappa shape index (κ2) is 12.3. The molecule has 1 unspecified atom stereocenters. The summed E-state index contributed by atoms with van der Waals surface area (Å²) in [6.07, 6.45) is 0. The molecule has 1 nitrogen and oxygen atoms in total. The van der Waals surface area contributed by atoms with Crippen LogP contribution in [0.15, 0.2) is 218 Å². The van der Waals surface area contributed by atoms with Gasteiger partial charge in [0.2, 0.25) is 0 Å². The maximum Gasteiger partial charge on any atom is 0.132 e. The third-order valence-corrected chi connectivity index (χ3v) is 12.1. The average molecular weight is 701 g/mol. The van der Waals surface area contributed by atoms with Crippen LogP contribution in [0.2, 0.25) is 0 Å². The number of fused-ring (bicyclic) bond motifs is 6. The Bertz CT molecular complexity index is 2840. The topological polar surface area (TPSA) is 9.23 Å². The molecule has 0 bridgehead atoms. The molecule has 0 saturated carbocycles. The molecular formula is C54H36O. The molecule has 11 rings (SSSR count). The van der Waals surface area contributed by atoms with Gasteiger partial charge in [0.15, 0.2) is 0 Å². The molecule has 9 aromatic rings. The zero-order valence-electron chi connectivity index (χ0n) is 30.2. The van der Waals surface area contributed by atoms with Crippen LogP contribution < -0.4 is 4.74 Å². The van der Waals surface area contributed by atoms with Crippen LogP contribution in [0.1, 0.15) is 44.5 Å². The number of para-hydroxylation sites is 1. The summed E-state index contributed by atoms with van der Waals surface area (Å²) in [5.74, 6) is 1.75. The van der Waals surface area contributed by atoms with Crippen molar-refractivity contribution in [2.75, 3.05) is 0 Å². The van der Waals surface area contributed by atoms with E-state index in [0.29, 0.717) is 0 Å². The van der Waals surface area contributed by atoms with Crippen LogP contribution in [-0.4, -0.2) is 0 Å². The molecule has 0 amide bonds. The van der Waals surface area contributed by atoms with Crippen LogP contribution in [0.4, 0.5) is 0 Å². The molecule has 55 heavy (non-hydrogen) atoms. The Balaban J connectivity index is 1.17. The van der Waals surface area contributed by atoms with E-state index in [4.69, 9.17) is 4.74 Å². The maximum atomic E-state index is 6.83. The molecule has 0 radical (unpaired) electrons. The number of rotatable bonds is 5. The molecule has 0 aromatic heterocycles. The summed E-state index contributed by atoms with van der Waals surface area (Å²) in [5, 5.41) is 2.51. The van der Waals surface area contributed by atoms with E-state index >= 15 is 0 Å². The van der Waals surface area contributed by atoms with Crippen molar-refractivity contribution in [3.8, 4) is 33.8 Å². The van der Waals surface area contributed by atoms with Gasteiger partial charge in [0, 0.05) is 11.1 Å². The first-order valence-corrected chi connectivity index (χ1v) is 19.1. The van der Waals surface area contributed by atoms with Crippen molar-refractivity contribution in [1.29, 1.82) is 0 Å². The molecule has 1 aliphatic heterocycles. The Kier molecular flexibility index (Phi) is 7.06. The van der Waals surface area contributed by atoms with E-state index in [-0.39, 0.29) is 0 Å². The summed E-state index contributed by atoms with van der Waals surface area (Å²) in [4.78, 5) is 0. The van der Waals surface area contributed by atoms with E-state index in [9.17, 15) is 0 Å². The van der Waals surface area contributed by atoms with Crippen LogP contribution in [0.25, 0.3) is 33.0 Å². The van der Waals surface area contributed by atoms with Crippen molar-refractivity contribution in [1.82, 2.24) is 0 Å². The number of hydrogen-bond acceptors (Lipinski definition) is 1. The van der Waals surface area contributed by atoms with Crippen molar-refractivity contribution < 1.29 is 4.74 Å². The van der Waals surface area contributed by atoms with Gasteiger partial charge in [-0.25, -0.2) is 0 Å². The summed E-state index contributed by atoms with van der Waals surface area (Å²) >= 11 is 0. The van der Waals surface area contributed by atoms with E-state index in [0.717, 1.165) is 33.8 Å². The van der Waals surface area contributed by atoms with E-state index in [2.05, 4.69) is 218 Å². The molecule has 1 aliphatic carbocycles. The molecule has 0 N–H and O–H groups in total. The average Bonchev–Trinajstić information content (AvgIpc) is 3.55. The normalized spacial score (nSPS) is 16.0. The van der Waals surface area contributed by atoms with Crippen LogP contribution in [0.5, 0.6) is 11.5 Å². The van der Waals surface area contributed by atoms with Gasteiger partial charge in [-0.3, -0.25) is 0 Å². The highest BCUT2D eigenvalue weighted by Gasteiger charge is 2.48. The molecule has 9 aromatic carbocycles. The first-order valence-electron chi connectivity index (χ1n) is 19.1. The number of hydrogen-bond donors (Lipinski definition) is 0. The Morgan fingerprint density at radius 1 is 0.291 bits per heavy atom. The predicted octanol–water partition coefficient (Wildman–Crippen LogP) is 13.4. The van der Waals surface area contributed by atoms with Gasteiger partial charge in [-0.05, 0) is 90.7 Å². The van der Waals surface area contributed by atoms with E-state index in [1.165, 1.54) is 55.3 Å². The zero-order chi connectivity index (χ0) is 36.4. The fourth-order valence-corrected chi connectivity index (χ4v) is 9.84. The Morgan fingerprint density at radius 3 is 1.45 bits per heavy atom. The van der Waals surface area contributed by atoms with Crippen molar-refractivity contribution >= 4 is 10.8 Å². The maximum absolute atomic E-state index is 6.83. The lowest BCUT2D eigenvalue weighted by molar-refractivity contribution is 0.435. The first kappa shape index (κ1) is 31.6. The third kappa shape index (κ3) is 4.47. The highest BCUT2D eigenvalue weighted by atomic mass is 16.5. The molecule has 1 heteroatoms. The van der Waals surface area contributed by atoms with Gasteiger partial charge < -0.3 is 4.74 Å². The van der Waals surface area contributed by atoms with E-state index in [1.54, 1.807) is 0 Å². The fourth-order valence-electron chi connectivity index (χ4n) is 9.84. The van der Waals surface area contributed by atoms with Gasteiger partial charge in [-0.15, -0.1) is 0 Å². The fraction of sp³-hybridized carbons (Fsp3) is 0.0370. The van der Waals surface area contributed by atoms with E-state index in [1.807, 2.05) is 0 Å². The van der Waals surface area contributed by atoms with E-state index < -0.39 is 10.8 Å². The van der Waals surface area contributed by atoms with Crippen LogP contribution in [-0.2, 0) is 10.8 Å². The molecule has 258 valence electrons. The molecule has 0 fully saturated rings. The van der Waals surface area contributed by atoms with Crippen molar-refractivity contribution in [2.24, 2.45) is 0 Å². The van der Waals surface area contributed by atoms with Crippen LogP contribution in [0.3, 0.4) is 0 Å². The van der Waals surface area contributed by atoms with Crippen molar-refractivity contribution in [3.05, 3.63) is 263 Å². The van der Waals surface area contributed by atoms with Crippen LogP contribution >= 0.6 is 0 Å². The lowest BCUT2D eigenvalue weighted by Gasteiger charge is -2.42. The highest BCUT2D eigenvalue weighted by molar-refractivity contribution is 5.96. The number of ether oxygens (including phenoxy) is 1. The second-order valence-corrected chi connectivity index (χ2v) is 14.7. The molecule has 1 heterocycles. The van der Waals surface area contributed by atoms with Gasteiger partial charge in [0.25, 0.3) is 0 Å². The number of benzene rings is 9. The predicted molar refractivity (Wildman–Crippen MR) is 225 cm³/mol. The summed E-state index contributed by atoms with van der Waals surface area (Å²) in [6, 6.07) is 80.0. The van der Waals surface area contributed by atoms with Gasteiger partial charge >= 0.3 is 0 Å².